The van der Waals surface area contributed by atoms with Crippen molar-refractivity contribution in [2.24, 2.45) is 0 Å². The summed E-state index contributed by atoms with van der Waals surface area (Å²) in [5.41, 5.74) is 0.490. The van der Waals surface area contributed by atoms with Crippen molar-refractivity contribution < 1.29 is 19.4 Å². The number of benzene rings is 2. The highest BCUT2D eigenvalue weighted by Crippen LogP contribution is 2.33. The second-order valence-corrected chi connectivity index (χ2v) is 8.21. The van der Waals surface area contributed by atoms with Crippen LogP contribution in [0.5, 0.6) is 5.75 Å². The number of aromatic hydroxyl groups is 1. The van der Waals surface area contributed by atoms with E-state index in [0.717, 1.165) is 5.56 Å². The summed E-state index contributed by atoms with van der Waals surface area (Å²) < 4.78 is 5.31. The van der Waals surface area contributed by atoms with Gasteiger partial charge in [-0.15, -0.1) is 0 Å². The number of fused-ring (bicyclic) bond motifs is 1. The lowest BCUT2D eigenvalue weighted by Gasteiger charge is -2.38. The molecule has 7 heteroatoms. The van der Waals surface area contributed by atoms with Gasteiger partial charge in [-0.25, -0.2) is 4.79 Å². The van der Waals surface area contributed by atoms with Crippen LogP contribution in [0.25, 0.3) is 11.0 Å². The number of hydrogen-bond acceptors (Lipinski definition) is 5. The van der Waals surface area contributed by atoms with Gasteiger partial charge in [-0.3, -0.25) is 4.79 Å². The first-order valence-electron chi connectivity index (χ1n) is 9.78. The van der Waals surface area contributed by atoms with Crippen molar-refractivity contribution in [1.82, 2.24) is 4.90 Å². The normalized spacial score (nSPS) is 16.0. The molecular formula is C23H22ClNO5. The predicted molar refractivity (Wildman–Crippen MR) is 114 cm³/mol. The number of carbonyl (C=O) groups excluding carboxylic acids is 1. The van der Waals surface area contributed by atoms with Crippen LogP contribution in [0.3, 0.4) is 0 Å². The molecule has 0 bridgehead atoms. The highest BCUT2D eigenvalue weighted by molar-refractivity contribution is 6.30. The minimum atomic E-state index is -0.999. The van der Waals surface area contributed by atoms with E-state index in [1.54, 1.807) is 42.2 Å². The molecule has 30 heavy (non-hydrogen) atoms. The Hall–Kier alpha value is -2.83. The van der Waals surface area contributed by atoms with Crippen molar-refractivity contribution in [2.45, 2.75) is 31.8 Å². The Kier molecular flexibility index (Phi) is 5.30. The average molecular weight is 428 g/mol. The zero-order valence-electron chi connectivity index (χ0n) is 16.5. The lowest BCUT2D eigenvalue weighted by molar-refractivity contribution is -0.135. The smallest absolute Gasteiger partial charge is 0.340 e. The summed E-state index contributed by atoms with van der Waals surface area (Å²) in [6.45, 7) is 2.56. The first kappa shape index (κ1) is 20.4. The minimum Gasteiger partial charge on any atom is -0.508 e. The van der Waals surface area contributed by atoms with E-state index in [9.17, 15) is 19.8 Å². The average Bonchev–Trinajstić information content (AvgIpc) is 2.71. The summed E-state index contributed by atoms with van der Waals surface area (Å²) in [5, 5.41) is 21.9. The molecule has 3 aromatic rings. The molecule has 0 atom stereocenters. The predicted octanol–water partition coefficient (Wildman–Crippen LogP) is 3.51. The maximum absolute atomic E-state index is 12.9. The van der Waals surface area contributed by atoms with E-state index < -0.39 is 11.2 Å². The van der Waals surface area contributed by atoms with E-state index in [1.165, 1.54) is 12.1 Å². The Bertz CT molecular complexity index is 1160. The number of amides is 1. The van der Waals surface area contributed by atoms with Crippen LogP contribution < -0.4 is 5.63 Å². The molecule has 0 radical (unpaired) electrons. The Balaban J connectivity index is 1.50. The van der Waals surface area contributed by atoms with Crippen LogP contribution in [0.1, 0.15) is 29.5 Å². The fourth-order valence-electron chi connectivity index (χ4n) is 4.03. The molecule has 1 aromatic heterocycles. The van der Waals surface area contributed by atoms with Crippen molar-refractivity contribution in [3.63, 3.8) is 0 Å². The molecule has 156 valence electrons. The van der Waals surface area contributed by atoms with E-state index >= 15 is 0 Å². The molecule has 1 aliphatic heterocycles. The maximum Gasteiger partial charge on any atom is 0.340 e. The van der Waals surface area contributed by atoms with Gasteiger partial charge in [0, 0.05) is 29.6 Å². The minimum absolute atomic E-state index is 0.00960. The third-order valence-electron chi connectivity index (χ3n) is 5.92. The molecule has 4 rings (SSSR count). The van der Waals surface area contributed by atoms with E-state index in [-0.39, 0.29) is 18.1 Å². The van der Waals surface area contributed by atoms with E-state index in [0.29, 0.717) is 53.0 Å². The number of aryl methyl sites for hydroxylation is 1. The van der Waals surface area contributed by atoms with Crippen LogP contribution in [0.4, 0.5) is 0 Å². The Morgan fingerprint density at radius 1 is 1.17 bits per heavy atom. The number of phenols is 1. The number of nitrogens with zero attached hydrogens (tertiary/aromatic N) is 1. The van der Waals surface area contributed by atoms with Gasteiger partial charge in [0.1, 0.15) is 11.3 Å². The van der Waals surface area contributed by atoms with Crippen LogP contribution in [0, 0.1) is 6.92 Å². The van der Waals surface area contributed by atoms with Gasteiger partial charge in [0.15, 0.2) is 0 Å². The zero-order chi connectivity index (χ0) is 21.5. The lowest BCUT2D eigenvalue weighted by Crippen LogP contribution is -2.46. The van der Waals surface area contributed by atoms with Crippen molar-refractivity contribution in [2.75, 3.05) is 13.1 Å². The third-order valence-corrected chi connectivity index (χ3v) is 6.18. The molecule has 0 unspecified atom stereocenters. The van der Waals surface area contributed by atoms with E-state index in [1.807, 2.05) is 0 Å². The lowest BCUT2D eigenvalue weighted by atomic mass is 9.84. The van der Waals surface area contributed by atoms with Crippen LogP contribution in [0.15, 0.2) is 51.7 Å². The SMILES string of the molecule is Cc1c(CC(=O)N2CCC(O)(c3ccc(Cl)cc3)CC2)c(=O)oc2cc(O)ccc12. The van der Waals surface area contributed by atoms with Crippen LogP contribution in [0.2, 0.25) is 5.02 Å². The number of rotatable bonds is 3. The fraction of sp³-hybridized carbons (Fsp3) is 0.304. The summed E-state index contributed by atoms with van der Waals surface area (Å²) in [7, 11) is 0. The monoisotopic (exact) mass is 427 g/mol. The fourth-order valence-corrected chi connectivity index (χ4v) is 4.15. The first-order chi connectivity index (χ1) is 14.3. The molecule has 1 amide bonds. The number of halogens is 1. The van der Waals surface area contributed by atoms with Crippen molar-refractivity contribution in [3.05, 3.63) is 74.6 Å². The quantitative estimate of drug-likeness (QED) is 0.624. The van der Waals surface area contributed by atoms with Gasteiger partial charge < -0.3 is 19.5 Å². The molecule has 0 saturated carbocycles. The summed E-state index contributed by atoms with van der Waals surface area (Å²) in [6.07, 6.45) is 0.750. The Morgan fingerprint density at radius 2 is 1.83 bits per heavy atom. The molecule has 2 heterocycles. The number of phenolic OH excluding ortho intramolecular Hbond substituents is 1. The van der Waals surface area contributed by atoms with Crippen LogP contribution in [-0.4, -0.2) is 34.1 Å². The largest absolute Gasteiger partial charge is 0.508 e. The van der Waals surface area contributed by atoms with Crippen LogP contribution >= 0.6 is 11.6 Å². The number of aliphatic hydroxyl groups is 1. The summed E-state index contributed by atoms with van der Waals surface area (Å²) in [4.78, 5) is 27.0. The number of likely N-dealkylation sites (tertiary alicyclic amines) is 1. The standard InChI is InChI=1S/C23H22ClNO5/c1-14-18-7-6-17(26)12-20(18)30-22(28)19(14)13-21(27)25-10-8-23(29,9-11-25)15-2-4-16(24)5-3-15/h2-7,12,26,29H,8-11,13H2,1H3. The number of carbonyl (C=O) groups is 1. The van der Waals surface area contributed by atoms with Crippen molar-refractivity contribution in [1.29, 1.82) is 0 Å². The third kappa shape index (κ3) is 3.80. The molecule has 1 fully saturated rings. The van der Waals surface area contributed by atoms with Gasteiger partial charge in [-0.1, -0.05) is 23.7 Å². The van der Waals surface area contributed by atoms with Gasteiger partial charge in [0.25, 0.3) is 0 Å². The summed E-state index contributed by atoms with van der Waals surface area (Å²) in [5.74, 6) is -0.169. The summed E-state index contributed by atoms with van der Waals surface area (Å²) >= 11 is 5.93. The van der Waals surface area contributed by atoms with Gasteiger partial charge in [0.05, 0.1) is 17.6 Å². The summed E-state index contributed by atoms with van der Waals surface area (Å²) in [6, 6.07) is 11.7. The Morgan fingerprint density at radius 3 is 2.50 bits per heavy atom. The molecule has 2 aromatic carbocycles. The molecule has 0 spiro atoms. The Labute approximate surface area is 178 Å². The molecule has 1 saturated heterocycles. The number of hydrogen-bond donors (Lipinski definition) is 2. The maximum atomic E-state index is 12.9. The first-order valence-corrected chi connectivity index (χ1v) is 10.2. The van der Waals surface area contributed by atoms with Gasteiger partial charge in [-0.05, 0) is 55.2 Å². The molecule has 0 aliphatic carbocycles. The van der Waals surface area contributed by atoms with Crippen LogP contribution in [-0.2, 0) is 16.8 Å². The second-order valence-electron chi connectivity index (χ2n) is 7.77. The molecule has 2 N–H and O–H groups in total. The molecular weight excluding hydrogens is 406 g/mol. The van der Waals surface area contributed by atoms with Crippen molar-refractivity contribution in [3.8, 4) is 5.75 Å². The molecule has 6 nitrogen and oxygen atoms in total. The van der Waals surface area contributed by atoms with Gasteiger partial charge >= 0.3 is 5.63 Å². The number of piperidine rings is 1. The van der Waals surface area contributed by atoms with E-state index in [4.69, 9.17) is 16.0 Å². The molecule has 1 aliphatic rings. The topological polar surface area (TPSA) is 91.0 Å². The van der Waals surface area contributed by atoms with Crippen molar-refractivity contribution >= 4 is 28.5 Å². The zero-order valence-corrected chi connectivity index (χ0v) is 17.3. The van der Waals surface area contributed by atoms with Gasteiger partial charge in [0.2, 0.25) is 5.91 Å². The van der Waals surface area contributed by atoms with E-state index in [2.05, 4.69) is 0 Å². The highest BCUT2D eigenvalue weighted by Gasteiger charge is 2.35. The second kappa shape index (κ2) is 7.78. The highest BCUT2D eigenvalue weighted by atomic mass is 35.5. The van der Waals surface area contributed by atoms with Gasteiger partial charge in [-0.2, -0.15) is 0 Å².